The van der Waals surface area contributed by atoms with Gasteiger partial charge in [0.25, 0.3) is 0 Å². The second kappa shape index (κ2) is 6.19. The zero-order valence-electron chi connectivity index (χ0n) is 11.8. The predicted molar refractivity (Wildman–Crippen MR) is 74.3 cm³/mol. The summed E-state index contributed by atoms with van der Waals surface area (Å²) in [5.41, 5.74) is 0.591. The molecule has 1 N–H and O–H groups in total. The summed E-state index contributed by atoms with van der Waals surface area (Å²) in [5, 5.41) is 3.44. The van der Waals surface area contributed by atoms with Crippen molar-refractivity contribution in [1.82, 2.24) is 10.2 Å². The van der Waals surface area contributed by atoms with Crippen LogP contribution in [-0.4, -0.2) is 37.6 Å². The SMILES string of the molecule is CCN(CC1(CNC)CCCC1)C1CCCC1. The topological polar surface area (TPSA) is 15.3 Å². The molecule has 0 radical (unpaired) electrons. The van der Waals surface area contributed by atoms with Crippen LogP contribution in [0.3, 0.4) is 0 Å². The normalized spacial score (nSPS) is 24.9. The Labute approximate surface area is 107 Å². The maximum absolute atomic E-state index is 3.44. The maximum atomic E-state index is 3.44. The second-order valence-electron chi connectivity index (χ2n) is 6.24. The fraction of sp³-hybridized carbons (Fsp3) is 1.00. The molecule has 2 aliphatic rings. The van der Waals surface area contributed by atoms with Crippen LogP contribution in [-0.2, 0) is 0 Å². The summed E-state index contributed by atoms with van der Waals surface area (Å²) in [5.74, 6) is 0. The molecule has 0 heterocycles. The molecule has 100 valence electrons. The number of hydrogen-bond donors (Lipinski definition) is 1. The summed E-state index contributed by atoms with van der Waals surface area (Å²) in [4.78, 5) is 2.79. The van der Waals surface area contributed by atoms with Crippen LogP contribution in [0.2, 0.25) is 0 Å². The summed E-state index contributed by atoms with van der Waals surface area (Å²) in [6, 6.07) is 0.898. The van der Waals surface area contributed by atoms with E-state index in [1.54, 1.807) is 0 Å². The van der Waals surface area contributed by atoms with E-state index < -0.39 is 0 Å². The minimum atomic E-state index is 0.591. The molecule has 2 heteroatoms. The van der Waals surface area contributed by atoms with E-state index in [1.165, 1.54) is 71.0 Å². The standard InChI is InChI=1S/C15H30N2/c1-3-17(14-8-4-5-9-14)13-15(12-16-2)10-6-7-11-15/h14,16H,3-13H2,1-2H3. The van der Waals surface area contributed by atoms with Gasteiger partial charge in [-0.15, -0.1) is 0 Å². The van der Waals surface area contributed by atoms with Crippen molar-refractivity contribution in [3.05, 3.63) is 0 Å². The minimum absolute atomic E-state index is 0.591. The van der Waals surface area contributed by atoms with Gasteiger partial charge in [-0.05, 0) is 44.7 Å². The average Bonchev–Trinajstić information content (AvgIpc) is 2.97. The Kier molecular flexibility index (Phi) is 4.87. The van der Waals surface area contributed by atoms with E-state index in [2.05, 4.69) is 24.2 Å². The van der Waals surface area contributed by atoms with Gasteiger partial charge < -0.3 is 10.2 Å². The molecule has 0 saturated heterocycles. The van der Waals surface area contributed by atoms with Crippen molar-refractivity contribution in [3.8, 4) is 0 Å². The van der Waals surface area contributed by atoms with E-state index in [0.29, 0.717) is 5.41 Å². The Morgan fingerprint density at radius 2 is 1.76 bits per heavy atom. The van der Waals surface area contributed by atoms with E-state index in [0.717, 1.165) is 6.04 Å². The zero-order valence-corrected chi connectivity index (χ0v) is 11.8. The molecule has 0 amide bonds. The van der Waals surface area contributed by atoms with Crippen molar-refractivity contribution in [2.75, 3.05) is 26.7 Å². The van der Waals surface area contributed by atoms with Crippen LogP contribution in [0, 0.1) is 5.41 Å². The van der Waals surface area contributed by atoms with Crippen LogP contribution in [0.1, 0.15) is 58.3 Å². The van der Waals surface area contributed by atoms with Crippen molar-refractivity contribution >= 4 is 0 Å². The first kappa shape index (κ1) is 13.4. The van der Waals surface area contributed by atoms with Crippen LogP contribution in [0.5, 0.6) is 0 Å². The lowest BCUT2D eigenvalue weighted by molar-refractivity contribution is 0.117. The number of hydrogen-bond acceptors (Lipinski definition) is 2. The van der Waals surface area contributed by atoms with Gasteiger partial charge in [-0.1, -0.05) is 32.6 Å². The predicted octanol–water partition coefficient (Wildman–Crippen LogP) is 3.03. The van der Waals surface area contributed by atoms with Crippen molar-refractivity contribution < 1.29 is 0 Å². The quantitative estimate of drug-likeness (QED) is 0.765. The Morgan fingerprint density at radius 3 is 2.29 bits per heavy atom. The highest BCUT2D eigenvalue weighted by atomic mass is 15.2. The monoisotopic (exact) mass is 238 g/mol. The van der Waals surface area contributed by atoms with Gasteiger partial charge in [-0.3, -0.25) is 0 Å². The molecule has 0 bridgehead atoms. The highest BCUT2D eigenvalue weighted by Gasteiger charge is 2.36. The lowest BCUT2D eigenvalue weighted by atomic mass is 9.85. The molecule has 0 aliphatic heterocycles. The minimum Gasteiger partial charge on any atom is -0.319 e. The summed E-state index contributed by atoms with van der Waals surface area (Å²) in [6.07, 6.45) is 11.6. The van der Waals surface area contributed by atoms with Gasteiger partial charge in [0.2, 0.25) is 0 Å². The maximum Gasteiger partial charge on any atom is 0.00953 e. The highest BCUT2D eigenvalue weighted by molar-refractivity contribution is 4.91. The molecule has 2 fully saturated rings. The van der Waals surface area contributed by atoms with Crippen molar-refractivity contribution in [2.45, 2.75) is 64.3 Å². The lowest BCUT2D eigenvalue weighted by Crippen LogP contribution is -2.45. The van der Waals surface area contributed by atoms with Crippen LogP contribution in [0.25, 0.3) is 0 Å². The smallest absolute Gasteiger partial charge is 0.00953 e. The van der Waals surface area contributed by atoms with Gasteiger partial charge in [0.05, 0.1) is 0 Å². The molecule has 17 heavy (non-hydrogen) atoms. The second-order valence-corrected chi connectivity index (χ2v) is 6.24. The molecule has 0 spiro atoms. The molecule has 2 saturated carbocycles. The van der Waals surface area contributed by atoms with E-state index in [9.17, 15) is 0 Å². The fourth-order valence-electron chi connectivity index (χ4n) is 4.09. The molecule has 0 aromatic heterocycles. The lowest BCUT2D eigenvalue weighted by Gasteiger charge is -2.38. The van der Waals surface area contributed by atoms with Gasteiger partial charge in [0.15, 0.2) is 0 Å². The molecular formula is C15H30N2. The zero-order chi connectivity index (χ0) is 12.1. The van der Waals surface area contributed by atoms with Crippen LogP contribution >= 0.6 is 0 Å². The summed E-state index contributed by atoms with van der Waals surface area (Å²) < 4.78 is 0. The van der Waals surface area contributed by atoms with Gasteiger partial charge in [-0.2, -0.15) is 0 Å². The fourth-order valence-corrected chi connectivity index (χ4v) is 4.09. The van der Waals surface area contributed by atoms with Crippen molar-refractivity contribution in [1.29, 1.82) is 0 Å². The molecule has 0 aromatic rings. The molecule has 0 unspecified atom stereocenters. The largest absolute Gasteiger partial charge is 0.319 e. The first-order chi connectivity index (χ1) is 8.29. The third kappa shape index (κ3) is 3.23. The Morgan fingerprint density at radius 1 is 1.12 bits per heavy atom. The Hall–Kier alpha value is -0.0800. The van der Waals surface area contributed by atoms with Crippen LogP contribution in [0.4, 0.5) is 0 Å². The molecule has 2 nitrogen and oxygen atoms in total. The van der Waals surface area contributed by atoms with Crippen molar-refractivity contribution in [2.24, 2.45) is 5.41 Å². The van der Waals surface area contributed by atoms with Gasteiger partial charge in [-0.25, -0.2) is 0 Å². The number of rotatable bonds is 6. The van der Waals surface area contributed by atoms with E-state index >= 15 is 0 Å². The molecular weight excluding hydrogens is 208 g/mol. The van der Waals surface area contributed by atoms with Gasteiger partial charge in [0.1, 0.15) is 0 Å². The van der Waals surface area contributed by atoms with Crippen molar-refractivity contribution in [3.63, 3.8) is 0 Å². The Bertz CT molecular complexity index is 215. The Balaban J connectivity index is 1.94. The third-order valence-corrected chi connectivity index (χ3v) is 5.00. The van der Waals surface area contributed by atoms with Crippen LogP contribution in [0.15, 0.2) is 0 Å². The first-order valence-electron chi connectivity index (χ1n) is 7.68. The van der Waals surface area contributed by atoms with Gasteiger partial charge in [0, 0.05) is 19.1 Å². The number of nitrogens with one attached hydrogen (secondary N) is 1. The highest BCUT2D eigenvalue weighted by Crippen LogP contribution is 2.39. The van der Waals surface area contributed by atoms with Crippen LogP contribution < -0.4 is 5.32 Å². The van der Waals surface area contributed by atoms with E-state index in [4.69, 9.17) is 0 Å². The van der Waals surface area contributed by atoms with E-state index in [1.807, 2.05) is 0 Å². The molecule has 2 aliphatic carbocycles. The average molecular weight is 238 g/mol. The number of nitrogens with zero attached hydrogens (tertiary/aromatic N) is 1. The molecule has 0 aromatic carbocycles. The van der Waals surface area contributed by atoms with E-state index in [-0.39, 0.29) is 0 Å². The molecule has 0 atom stereocenters. The van der Waals surface area contributed by atoms with Gasteiger partial charge >= 0.3 is 0 Å². The summed E-state index contributed by atoms with van der Waals surface area (Å²) in [7, 11) is 2.12. The molecule has 2 rings (SSSR count). The summed E-state index contributed by atoms with van der Waals surface area (Å²) in [6.45, 7) is 6.15. The first-order valence-corrected chi connectivity index (χ1v) is 7.68. The summed E-state index contributed by atoms with van der Waals surface area (Å²) >= 11 is 0. The third-order valence-electron chi connectivity index (χ3n) is 5.00.